The summed E-state index contributed by atoms with van der Waals surface area (Å²) in [6.45, 7) is 2.47. The van der Waals surface area contributed by atoms with Gasteiger partial charge in [0.2, 0.25) is 0 Å². The Bertz CT molecular complexity index is 2080. The quantitative estimate of drug-likeness (QED) is 0.127. The number of nitriles is 1. The van der Waals surface area contributed by atoms with Crippen molar-refractivity contribution in [1.29, 1.82) is 5.26 Å². The first kappa shape index (κ1) is 33.6. The Morgan fingerprint density at radius 3 is 2.66 bits per heavy atom. The SMILES string of the molecule is Cc1c(N2C(=O)[C@@H]3C(OCCCCC(=O)CCc4ccc(-c5[nH]c6cc(F)cc7c6c5CCCC7=O)cc4)CCN3C2=O)ccc(C#N)c1Cl. The van der Waals surface area contributed by atoms with Crippen molar-refractivity contribution in [2.24, 2.45) is 0 Å². The number of urea groups is 1. The van der Waals surface area contributed by atoms with E-state index in [-0.39, 0.29) is 28.1 Å². The van der Waals surface area contributed by atoms with E-state index < -0.39 is 24.0 Å². The molecule has 256 valence electrons. The number of hydrogen-bond acceptors (Lipinski definition) is 6. The van der Waals surface area contributed by atoms with E-state index >= 15 is 0 Å². The van der Waals surface area contributed by atoms with Gasteiger partial charge >= 0.3 is 6.03 Å². The average Bonchev–Trinajstić information content (AvgIpc) is 3.73. The number of H-pyrrole nitrogens is 1. The molecule has 4 aromatic rings. The third kappa shape index (κ3) is 6.10. The number of anilines is 1. The molecular formula is C39H36ClFN4O5. The number of carbonyl (C=O) groups excluding carboxylic acids is 4. The van der Waals surface area contributed by atoms with E-state index in [2.05, 4.69) is 4.98 Å². The zero-order chi connectivity index (χ0) is 35.1. The molecule has 0 saturated carbocycles. The molecule has 3 aromatic carbocycles. The van der Waals surface area contributed by atoms with E-state index in [4.69, 9.17) is 16.3 Å². The Balaban J connectivity index is 0.880. The van der Waals surface area contributed by atoms with Crippen molar-refractivity contribution in [3.63, 3.8) is 0 Å². The Labute approximate surface area is 293 Å². The van der Waals surface area contributed by atoms with Crippen molar-refractivity contribution in [1.82, 2.24) is 9.88 Å². The maximum Gasteiger partial charge on any atom is 0.332 e. The van der Waals surface area contributed by atoms with Crippen molar-refractivity contribution in [2.45, 2.75) is 76.9 Å². The number of carbonyl (C=O) groups is 4. The first-order valence-corrected chi connectivity index (χ1v) is 17.5. The molecule has 2 aliphatic heterocycles. The molecule has 9 nitrogen and oxygen atoms in total. The molecule has 1 aromatic heterocycles. The number of nitrogens with one attached hydrogen (secondary N) is 1. The van der Waals surface area contributed by atoms with Crippen LogP contribution in [0.3, 0.4) is 0 Å². The van der Waals surface area contributed by atoms with Crippen molar-refractivity contribution >= 4 is 51.7 Å². The normalized spacial score (nSPS) is 18.6. The van der Waals surface area contributed by atoms with Crippen LogP contribution in [0.2, 0.25) is 5.02 Å². The number of ketones is 2. The van der Waals surface area contributed by atoms with Gasteiger partial charge in [0.15, 0.2) is 5.78 Å². The zero-order valence-corrected chi connectivity index (χ0v) is 28.4. The van der Waals surface area contributed by atoms with Crippen LogP contribution < -0.4 is 4.90 Å². The number of Topliss-reactive ketones (excluding diaryl/α,β-unsaturated/α-hetero) is 2. The van der Waals surface area contributed by atoms with Gasteiger partial charge in [-0.15, -0.1) is 0 Å². The van der Waals surface area contributed by atoms with Crippen LogP contribution in [0, 0.1) is 24.1 Å². The minimum atomic E-state index is -0.710. The van der Waals surface area contributed by atoms with Crippen LogP contribution in [0.15, 0.2) is 48.5 Å². The van der Waals surface area contributed by atoms with E-state index in [0.717, 1.165) is 45.5 Å². The highest BCUT2D eigenvalue weighted by atomic mass is 35.5. The molecular weight excluding hydrogens is 659 g/mol. The topological polar surface area (TPSA) is 124 Å². The van der Waals surface area contributed by atoms with Crippen molar-refractivity contribution < 1.29 is 28.3 Å². The molecule has 1 aliphatic carbocycles. The number of imide groups is 1. The highest BCUT2D eigenvalue weighted by Crippen LogP contribution is 2.38. The van der Waals surface area contributed by atoms with Crippen LogP contribution in [0.1, 0.15) is 77.6 Å². The number of aromatic amines is 1. The van der Waals surface area contributed by atoms with Crippen LogP contribution in [-0.4, -0.2) is 58.7 Å². The molecule has 2 saturated heterocycles. The van der Waals surface area contributed by atoms with Gasteiger partial charge in [-0.3, -0.25) is 14.4 Å². The zero-order valence-electron chi connectivity index (χ0n) is 27.7. The molecule has 7 rings (SSSR count). The second-order valence-corrected chi connectivity index (χ2v) is 13.7. The number of ether oxygens (including phenoxy) is 1. The third-order valence-corrected chi connectivity index (χ3v) is 10.7. The standard InChI is InChI=1S/C39H36ClFN4O5/c1-22-31(15-13-25(21-42)35(22)40)45-38(48)37-33(16-17-44(37)39(45)49)50-18-3-2-5-27(46)14-10-23-8-11-24(12-9-23)36-28-6-4-7-32(47)29-19-26(41)20-30(43-36)34(28)29/h8-9,11-13,15,19-20,33,37,43H,2-7,10,14,16-18H2,1H3/t33?,37-/m0/s1. The van der Waals surface area contributed by atoms with E-state index in [1.165, 1.54) is 23.1 Å². The molecule has 3 heterocycles. The fourth-order valence-corrected chi connectivity index (χ4v) is 7.78. The van der Waals surface area contributed by atoms with Gasteiger partial charge in [0.25, 0.3) is 5.91 Å². The monoisotopic (exact) mass is 694 g/mol. The number of unbranched alkanes of at least 4 members (excludes halogenated alkanes) is 1. The van der Waals surface area contributed by atoms with E-state index in [0.29, 0.717) is 80.4 Å². The largest absolute Gasteiger partial charge is 0.375 e. The molecule has 1 unspecified atom stereocenters. The van der Waals surface area contributed by atoms with Gasteiger partial charge in [0.05, 0.1) is 22.4 Å². The molecule has 0 spiro atoms. The summed E-state index contributed by atoms with van der Waals surface area (Å²) in [6, 6.07) is 14.8. The minimum Gasteiger partial charge on any atom is -0.375 e. The molecule has 2 fully saturated rings. The maximum atomic E-state index is 14.3. The summed E-state index contributed by atoms with van der Waals surface area (Å²) in [5, 5.41) is 10.3. The number of benzene rings is 3. The smallest absolute Gasteiger partial charge is 0.332 e. The third-order valence-electron chi connectivity index (χ3n) is 10.2. The number of aromatic nitrogens is 1. The Morgan fingerprint density at radius 2 is 1.88 bits per heavy atom. The first-order valence-electron chi connectivity index (χ1n) is 17.1. The highest BCUT2D eigenvalue weighted by Gasteiger charge is 2.53. The van der Waals surface area contributed by atoms with Crippen molar-refractivity contribution in [2.75, 3.05) is 18.1 Å². The number of nitrogens with zero attached hydrogens (tertiary/aromatic N) is 3. The molecule has 3 amide bonds. The summed E-state index contributed by atoms with van der Waals surface area (Å²) in [4.78, 5) is 57.9. The summed E-state index contributed by atoms with van der Waals surface area (Å²) < 4.78 is 20.3. The number of rotatable bonds is 11. The van der Waals surface area contributed by atoms with Crippen LogP contribution >= 0.6 is 11.6 Å². The van der Waals surface area contributed by atoms with E-state index in [9.17, 15) is 28.8 Å². The van der Waals surface area contributed by atoms with Gasteiger partial charge < -0.3 is 14.6 Å². The van der Waals surface area contributed by atoms with Crippen LogP contribution in [0.5, 0.6) is 0 Å². The summed E-state index contributed by atoms with van der Waals surface area (Å²) in [5.41, 5.74) is 6.20. The van der Waals surface area contributed by atoms with Gasteiger partial charge in [0, 0.05) is 54.6 Å². The van der Waals surface area contributed by atoms with Gasteiger partial charge in [0.1, 0.15) is 23.7 Å². The number of halogens is 2. The summed E-state index contributed by atoms with van der Waals surface area (Å²) in [5.74, 6) is -0.644. The predicted molar refractivity (Wildman–Crippen MR) is 187 cm³/mol. The summed E-state index contributed by atoms with van der Waals surface area (Å²) in [7, 11) is 0. The number of hydrogen-bond donors (Lipinski definition) is 1. The lowest BCUT2D eigenvalue weighted by Crippen LogP contribution is -2.38. The Kier molecular flexibility index (Phi) is 9.29. The molecule has 3 aliphatic rings. The number of amides is 3. The second-order valence-electron chi connectivity index (χ2n) is 13.3. The molecule has 1 N–H and O–H groups in total. The Hall–Kier alpha value is -4.85. The minimum absolute atomic E-state index is 0.0235. The van der Waals surface area contributed by atoms with E-state index in [1.807, 2.05) is 30.3 Å². The van der Waals surface area contributed by atoms with Crippen LogP contribution in [0.25, 0.3) is 22.2 Å². The predicted octanol–water partition coefficient (Wildman–Crippen LogP) is 7.62. The van der Waals surface area contributed by atoms with Gasteiger partial charge in [-0.25, -0.2) is 14.1 Å². The molecule has 11 heteroatoms. The van der Waals surface area contributed by atoms with Crippen molar-refractivity contribution in [3.05, 3.63) is 87.2 Å². The molecule has 0 bridgehead atoms. The number of aryl methyl sites for hydroxylation is 2. The maximum absolute atomic E-state index is 14.3. The van der Waals surface area contributed by atoms with Gasteiger partial charge in [-0.2, -0.15) is 5.26 Å². The average molecular weight is 695 g/mol. The number of fused-ring (bicyclic) bond motifs is 1. The first-order chi connectivity index (χ1) is 24.2. The van der Waals surface area contributed by atoms with Crippen molar-refractivity contribution in [3.8, 4) is 17.3 Å². The fraction of sp³-hybridized carbons (Fsp3) is 0.359. The fourth-order valence-electron chi connectivity index (χ4n) is 7.57. The highest BCUT2D eigenvalue weighted by molar-refractivity contribution is 6.33. The lowest BCUT2D eigenvalue weighted by Gasteiger charge is -2.20. The summed E-state index contributed by atoms with van der Waals surface area (Å²) in [6.07, 6.45) is 4.80. The molecule has 50 heavy (non-hydrogen) atoms. The summed E-state index contributed by atoms with van der Waals surface area (Å²) >= 11 is 6.31. The van der Waals surface area contributed by atoms with Crippen LogP contribution in [-0.2, 0) is 27.2 Å². The molecule has 2 atom stereocenters. The van der Waals surface area contributed by atoms with Gasteiger partial charge in [-0.05, 0) is 92.0 Å². The lowest BCUT2D eigenvalue weighted by atomic mass is 9.98. The second kappa shape index (κ2) is 13.8. The lowest BCUT2D eigenvalue weighted by molar-refractivity contribution is -0.122. The molecule has 0 radical (unpaired) electrons. The van der Waals surface area contributed by atoms with Crippen LogP contribution in [0.4, 0.5) is 14.9 Å². The van der Waals surface area contributed by atoms with E-state index in [1.54, 1.807) is 13.0 Å². The van der Waals surface area contributed by atoms with Gasteiger partial charge in [-0.1, -0.05) is 35.9 Å². The Morgan fingerprint density at radius 1 is 1.08 bits per heavy atom.